The molecule has 132 valence electrons. The number of likely N-dealkylation sites (tertiary alicyclic amines) is 1. The van der Waals surface area contributed by atoms with Crippen LogP contribution in [0.1, 0.15) is 22.6 Å². The van der Waals surface area contributed by atoms with E-state index in [4.69, 9.17) is 10.5 Å². The molecule has 0 unspecified atom stereocenters. The SMILES string of the molecule is COc1cccc(C(=O)N2CC[C@H](N(C)Cc3nccc(N)n3)C2)c1. The zero-order chi connectivity index (χ0) is 17.8. The summed E-state index contributed by atoms with van der Waals surface area (Å²) in [5, 5.41) is 0. The molecule has 7 nitrogen and oxygen atoms in total. The molecule has 0 bridgehead atoms. The van der Waals surface area contributed by atoms with Crippen molar-refractivity contribution in [2.24, 2.45) is 0 Å². The van der Waals surface area contributed by atoms with Gasteiger partial charge in [-0.3, -0.25) is 9.69 Å². The van der Waals surface area contributed by atoms with Crippen LogP contribution in [0.2, 0.25) is 0 Å². The number of likely N-dealkylation sites (N-methyl/N-ethyl adjacent to an activating group) is 1. The molecular formula is C18H23N5O2. The Hall–Kier alpha value is -2.67. The third kappa shape index (κ3) is 4.06. The van der Waals surface area contributed by atoms with E-state index in [-0.39, 0.29) is 11.9 Å². The molecule has 2 aromatic rings. The minimum absolute atomic E-state index is 0.0370. The lowest BCUT2D eigenvalue weighted by atomic mass is 10.2. The van der Waals surface area contributed by atoms with Gasteiger partial charge in [0.25, 0.3) is 5.91 Å². The van der Waals surface area contributed by atoms with E-state index in [0.717, 1.165) is 13.0 Å². The third-order valence-corrected chi connectivity index (χ3v) is 4.51. The number of amides is 1. The zero-order valence-corrected chi connectivity index (χ0v) is 14.6. The molecule has 1 aliphatic heterocycles. The van der Waals surface area contributed by atoms with Crippen LogP contribution >= 0.6 is 0 Å². The van der Waals surface area contributed by atoms with Crippen LogP contribution in [0.4, 0.5) is 5.82 Å². The Bertz CT molecular complexity index is 752. The summed E-state index contributed by atoms with van der Waals surface area (Å²) in [6.07, 6.45) is 2.59. The number of benzene rings is 1. The molecule has 1 aliphatic rings. The quantitative estimate of drug-likeness (QED) is 0.885. The number of nitrogens with two attached hydrogens (primary N) is 1. The lowest BCUT2D eigenvalue weighted by Crippen LogP contribution is -2.36. The van der Waals surface area contributed by atoms with Crippen molar-refractivity contribution < 1.29 is 9.53 Å². The average molecular weight is 341 g/mol. The number of nitrogens with zero attached hydrogens (tertiary/aromatic N) is 4. The average Bonchev–Trinajstić information content (AvgIpc) is 3.11. The largest absolute Gasteiger partial charge is 0.497 e. The molecule has 1 amide bonds. The normalized spacial score (nSPS) is 17.1. The highest BCUT2D eigenvalue weighted by atomic mass is 16.5. The molecule has 7 heteroatoms. The number of ether oxygens (including phenoxy) is 1. The Morgan fingerprint density at radius 2 is 2.28 bits per heavy atom. The maximum absolute atomic E-state index is 12.7. The molecule has 2 heterocycles. The van der Waals surface area contributed by atoms with E-state index in [2.05, 4.69) is 14.9 Å². The molecule has 1 fully saturated rings. The molecule has 3 rings (SSSR count). The first-order valence-electron chi connectivity index (χ1n) is 8.28. The topological polar surface area (TPSA) is 84.6 Å². The molecule has 0 spiro atoms. The highest BCUT2D eigenvalue weighted by Gasteiger charge is 2.29. The Balaban J connectivity index is 1.61. The number of hydrogen-bond donors (Lipinski definition) is 1. The summed E-state index contributed by atoms with van der Waals surface area (Å²) in [4.78, 5) is 25.2. The number of aromatic nitrogens is 2. The van der Waals surface area contributed by atoms with Crippen LogP contribution in [0.3, 0.4) is 0 Å². The summed E-state index contributed by atoms with van der Waals surface area (Å²) >= 11 is 0. The number of carbonyl (C=O) groups excluding carboxylic acids is 1. The van der Waals surface area contributed by atoms with Crippen molar-refractivity contribution >= 4 is 11.7 Å². The Morgan fingerprint density at radius 3 is 3.04 bits per heavy atom. The van der Waals surface area contributed by atoms with E-state index in [1.54, 1.807) is 25.4 Å². The smallest absolute Gasteiger partial charge is 0.254 e. The van der Waals surface area contributed by atoms with Crippen LogP contribution in [-0.2, 0) is 6.54 Å². The summed E-state index contributed by atoms with van der Waals surface area (Å²) < 4.78 is 5.20. The van der Waals surface area contributed by atoms with Crippen LogP contribution < -0.4 is 10.5 Å². The highest BCUT2D eigenvalue weighted by molar-refractivity contribution is 5.94. The first kappa shape index (κ1) is 17.2. The second-order valence-electron chi connectivity index (χ2n) is 6.24. The van der Waals surface area contributed by atoms with Crippen molar-refractivity contribution in [3.05, 3.63) is 47.9 Å². The number of nitrogen functional groups attached to an aromatic ring is 1. The second kappa shape index (κ2) is 7.48. The first-order valence-corrected chi connectivity index (χ1v) is 8.28. The van der Waals surface area contributed by atoms with Gasteiger partial charge in [0.15, 0.2) is 0 Å². The van der Waals surface area contributed by atoms with E-state index in [1.807, 2.05) is 30.1 Å². The maximum Gasteiger partial charge on any atom is 0.254 e. The van der Waals surface area contributed by atoms with Gasteiger partial charge in [-0.2, -0.15) is 0 Å². The summed E-state index contributed by atoms with van der Waals surface area (Å²) in [6.45, 7) is 2.04. The number of carbonyl (C=O) groups is 1. The molecule has 1 atom stereocenters. The molecule has 1 aromatic heterocycles. The Labute approximate surface area is 147 Å². The van der Waals surface area contributed by atoms with Gasteiger partial charge in [0.05, 0.1) is 13.7 Å². The summed E-state index contributed by atoms with van der Waals surface area (Å²) in [7, 11) is 3.62. The Kier molecular flexibility index (Phi) is 5.14. The maximum atomic E-state index is 12.7. The van der Waals surface area contributed by atoms with Gasteiger partial charge in [0.2, 0.25) is 0 Å². The summed E-state index contributed by atoms with van der Waals surface area (Å²) in [5.41, 5.74) is 6.36. The fourth-order valence-electron chi connectivity index (χ4n) is 3.07. The van der Waals surface area contributed by atoms with E-state index in [1.165, 1.54) is 0 Å². The number of hydrogen-bond acceptors (Lipinski definition) is 6. The van der Waals surface area contributed by atoms with Crippen molar-refractivity contribution in [3.63, 3.8) is 0 Å². The van der Waals surface area contributed by atoms with E-state index >= 15 is 0 Å². The van der Waals surface area contributed by atoms with Gasteiger partial charge in [-0.05, 0) is 37.7 Å². The highest BCUT2D eigenvalue weighted by Crippen LogP contribution is 2.20. The fourth-order valence-corrected chi connectivity index (χ4v) is 3.07. The van der Waals surface area contributed by atoms with Gasteiger partial charge in [0.1, 0.15) is 17.4 Å². The van der Waals surface area contributed by atoms with Crippen LogP contribution in [0.5, 0.6) is 5.75 Å². The second-order valence-corrected chi connectivity index (χ2v) is 6.24. The van der Waals surface area contributed by atoms with Crippen molar-refractivity contribution in [3.8, 4) is 5.75 Å². The minimum Gasteiger partial charge on any atom is -0.497 e. The third-order valence-electron chi connectivity index (χ3n) is 4.51. The zero-order valence-electron chi connectivity index (χ0n) is 14.6. The van der Waals surface area contributed by atoms with Gasteiger partial charge < -0.3 is 15.4 Å². The molecule has 1 aromatic carbocycles. The van der Waals surface area contributed by atoms with Crippen LogP contribution in [0.25, 0.3) is 0 Å². The number of methoxy groups -OCH3 is 1. The van der Waals surface area contributed by atoms with Gasteiger partial charge in [-0.25, -0.2) is 9.97 Å². The van der Waals surface area contributed by atoms with E-state index in [9.17, 15) is 4.79 Å². The molecule has 2 N–H and O–H groups in total. The lowest BCUT2D eigenvalue weighted by molar-refractivity contribution is 0.0779. The molecular weight excluding hydrogens is 318 g/mol. The lowest BCUT2D eigenvalue weighted by Gasteiger charge is -2.24. The summed E-state index contributed by atoms with van der Waals surface area (Å²) in [6, 6.07) is 9.22. The van der Waals surface area contributed by atoms with Crippen LogP contribution in [-0.4, -0.2) is 59.0 Å². The monoisotopic (exact) mass is 341 g/mol. The van der Waals surface area contributed by atoms with Gasteiger partial charge in [0, 0.05) is 30.9 Å². The fraction of sp³-hybridized carbons (Fsp3) is 0.389. The van der Waals surface area contributed by atoms with Crippen molar-refractivity contribution in [2.45, 2.75) is 19.0 Å². The number of anilines is 1. The van der Waals surface area contributed by atoms with Gasteiger partial charge >= 0.3 is 0 Å². The van der Waals surface area contributed by atoms with E-state index in [0.29, 0.717) is 36.0 Å². The molecule has 25 heavy (non-hydrogen) atoms. The molecule has 0 radical (unpaired) electrons. The van der Waals surface area contributed by atoms with Crippen LogP contribution in [0, 0.1) is 0 Å². The van der Waals surface area contributed by atoms with E-state index < -0.39 is 0 Å². The molecule has 0 aliphatic carbocycles. The standard InChI is InChI=1S/C18H23N5O2/c1-22(12-17-20-8-6-16(19)21-17)14-7-9-23(11-14)18(24)13-4-3-5-15(10-13)25-2/h3-6,8,10,14H,7,9,11-12H2,1-2H3,(H2,19,20,21)/t14-/m0/s1. The van der Waals surface area contributed by atoms with Crippen molar-refractivity contribution in [1.82, 2.24) is 19.8 Å². The predicted octanol–water partition coefficient (Wildman–Crippen LogP) is 1.41. The van der Waals surface area contributed by atoms with Gasteiger partial charge in [-0.1, -0.05) is 6.07 Å². The van der Waals surface area contributed by atoms with Crippen molar-refractivity contribution in [1.29, 1.82) is 0 Å². The molecule has 1 saturated heterocycles. The summed E-state index contributed by atoms with van der Waals surface area (Å²) in [5.74, 6) is 1.90. The Morgan fingerprint density at radius 1 is 1.44 bits per heavy atom. The first-order chi connectivity index (χ1) is 12.1. The van der Waals surface area contributed by atoms with Gasteiger partial charge in [-0.15, -0.1) is 0 Å². The number of rotatable bonds is 5. The van der Waals surface area contributed by atoms with Crippen molar-refractivity contribution in [2.75, 3.05) is 33.0 Å². The molecule has 0 saturated carbocycles. The predicted molar refractivity (Wildman–Crippen MR) is 95.2 cm³/mol. The van der Waals surface area contributed by atoms with Crippen LogP contribution in [0.15, 0.2) is 36.5 Å². The minimum atomic E-state index is 0.0370.